The second-order valence-corrected chi connectivity index (χ2v) is 5.72. The Hall–Kier alpha value is -1.35. The number of ether oxygens (including phenoxy) is 1. The minimum absolute atomic E-state index is 0.199. The van der Waals surface area contributed by atoms with Crippen LogP contribution in [-0.4, -0.2) is 26.0 Å². The summed E-state index contributed by atoms with van der Waals surface area (Å²) in [5.41, 5.74) is 2.09. The van der Waals surface area contributed by atoms with E-state index in [1.54, 1.807) is 7.11 Å². The van der Waals surface area contributed by atoms with Crippen LogP contribution in [0.15, 0.2) is 18.2 Å². The zero-order valence-electron chi connectivity index (χ0n) is 11.4. The van der Waals surface area contributed by atoms with E-state index in [9.17, 15) is 4.79 Å². The number of piperidine rings is 1. The number of benzene rings is 1. The molecule has 3 nitrogen and oxygen atoms in total. The van der Waals surface area contributed by atoms with Crippen LogP contribution in [0.4, 0.5) is 0 Å². The zero-order valence-corrected chi connectivity index (χ0v) is 11.4. The molecule has 3 heteroatoms. The highest BCUT2D eigenvalue weighted by molar-refractivity contribution is 6.02. The van der Waals surface area contributed by atoms with E-state index in [1.165, 1.54) is 18.4 Å². The Kier molecular flexibility index (Phi) is 3.56. The van der Waals surface area contributed by atoms with Gasteiger partial charge >= 0.3 is 0 Å². The Balaban J connectivity index is 1.71. The van der Waals surface area contributed by atoms with E-state index in [4.69, 9.17) is 4.74 Å². The van der Waals surface area contributed by atoms with Gasteiger partial charge in [0, 0.05) is 11.5 Å². The average molecular weight is 259 g/mol. The van der Waals surface area contributed by atoms with Crippen LogP contribution < -0.4 is 10.1 Å². The first kappa shape index (κ1) is 12.7. The molecule has 0 aromatic heterocycles. The molecule has 1 atom stereocenters. The van der Waals surface area contributed by atoms with Crippen molar-refractivity contribution in [1.82, 2.24) is 5.32 Å². The normalized spacial score (nSPS) is 23.4. The number of methoxy groups -OCH3 is 1. The van der Waals surface area contributed by atoms with Crippen LogP contribution in [0.25, 0.3) is 0 Å². The molecule has 3 rings (SSSR count). The minimum Gasteiger partial charge on any atom is -0.497 e. The van der Waals surface area contributed by atoms with E-state index < -0.39 is 0 Å². The molecule has 1 aromatic carbocycles. The maximum Gasteiger partial charge on any atom is 0.166 e. The smallest absolute Gasteiger partial charge is 0.166 e. The van der Waals surface area contributed by atoms with E-state index in [-0.39, 0.29) is 5.92 Å². The van der Waals surface area contributed by atoms with Crippen LogP contribution in [0.3, 0.4) is 0 Å². The molecule has 0 bridgehead atoms. The number of fused-ring (bicyclic) bond motifs is 1. The summed E-state index contributed by atoms with van der Waals surface area (Å²) in [5.74, 6) is 2.11. The van der Waals surface area contributed by atoms with Crippen molar-refractivity contribution in [1.29, 1.82) is 0 Å². The fourth-order valence-corrected chi connectivity index (χ4v) is 3.39. The molecular weight excluding hydrogens is 238 g/mol. The highest BCUT2D eigenvalue weighted by Gasteiger charge is 2.32. The lowest BCUT2D eigenvalue weighted by molar-refractivity contribution is 0.0913. The molecule has 1 saturated heterocycles. The first-order valence-electron chi connectivity index (χ1n) is 7.20. The number of hydrogen-bond acceptors (Lipinski definition) is 3. The van der Waals surface area contributed by atoms with Gasteiger partial charge in [-0.3, -0.25) is 4.79 Å². The third kappa shape index (κ3) is 2.52. The third-order valence-corrected chi connectivity index (χ3v) is 4.49. The monoisotopic (exact) mass is 259 g/mol. The van der Waals surface area contributed by atoms with E-state index in [2.05, 4.69) is 5.32 Å². The fourth-order valence-electron chi connectivity index (χ4n) is 3.39. The van der Waals surface area contributed by atoms with Gasteiger partial charge in [-0.05, 0) is 68.5 Å². The minimum atomic E-state index is 0.199. The summed E-state index contributed by atoms with van der Waals surface area (Å²) in [6.07, 6.45) is 4.37. The van der Waals surface area contributed by atoms with Gasteiger partial charge in [-0.1, -0.05) is 0 Å². The van der Waals surface area contributed by atoms with Crippen LogP contribution in [0.5, 0.6) is 5.75 Å². The van der Waals surface area contributed by atoms with Crippen molar-refractivity contribution in [3.63, 3.8) is 0 Å². The van der Waals surface area contributed by atoms with Crippen LogP contribution in [-0.2, 0) is 6.42 Å². The maximum absolute atomic E-state index is 12.4. The predicted molar refractivity (Wildman–Crippen MR) is 74.7 cm³/mol. The Morgan fingerprint density at radius 2 is 2.11 bits per heavy atom. The lowest BCUT2D eigenvalue weighted by atomic mass is 9.86. The van der Waals surface area contributed by atoms with Gasteiger partial charge in [0.05, 0.1) is 7.11 Å². The van der Waals surface area contributed by atoms with Crippen molar-refractivity contribution in [3.05, 3.63) is 29.3 Å². The lowest BCUT2D eigenvalue weighted by Gasteiger charge is -2.24. The first-order chi connectivity index (χ1) is 9.28. The van der Waals surface area contributed by atoms with Gasteiger partial charge in [0.2, 0.25) is 0 Å². The number of carbonyl (C=O) groups excluding carboxylic acids is 1. The van der Waals surface area contributed by atoms with Crippen molar-refractivity contribution in [2.75, 3.05) is 20.2 Å². The second-order valence-electron chi connectivity index (χ2n) is 5.72. The molecule has 1 heterocycles. The first-order valence-corrected chi connectivity index (χ1v) is 7.20. The van der Waals surface area contributed by atoms with Crippen LogP contribution in [0.2, 0.25) is 0 Å². The Morgan fingerprint density at radius 3 is 2.84 bits per heavy atom. The average Bonchev–Trinajstić information content (AvgIpc) is 2.76. The standard InChI is InChI=1S/C16H21NO2/c1-19-14-2-3-15-12(10-14)9-13(16(15)18)8-11-4-6-17-7-5-11/h2-3,10-11,13,17H,4-9H2,1H3. The fraction of sp³-hybridized carbons (Fsp3) is 0.562. The van der Waals surface area contributed by atoms with E-state index >= 15 is 0 Å². The molecule has 1 fully saturated rings. The topological polar surface area (TPSA) is 38.3 Å². The van der Waals surface area contributed by atoms with Gasteiger partial charge in [-0.2, -0.15) is 0 Å². The Morgan fingerprint density at radius 1 is 1.32 bits per heavy atom. The molecule has 0 spiro atoms. The van der Waals surface area contributed by atoms with E-state index in [0.717, 1.165) is 37.2 Å². The molecule has 0 saturated carbocycles. The van der Waals surface area contributed by atoms with Crippen LogP contribution >= 0.6 is 0 Å². The summed E-state index contributed by atoms with van der Waals surface area (Å²) in [5, 5.41) is 3.38. The van der Waals surface area contributed by atoms with Crippen molar-refractivity contribution in [2.24, 2.45) is 11.8 Å². The molecule has 1 aliphatic carbocycles. The van der Waals surface area contributed by atoms with Crippen molar-refractivity contribution in [3.8, 4) is 5.75 Å². The zero-order chi connectivity index (χ0) is 13.2. The summed E-state index contributed by atoms with van der Waals surface area (Å²) in [4.78, 5) is 12.4. The molecule has 0 amide bonds. The number of nitrogens with one attached hydrogen (secondary N) is 1. The van der Waals surface area contributed by atoms with Crippen LogP contribution in [0, 0.1) is 11.8 Å². The summed E-state index contributed by atoms with van der Waals surface area (Å²) < 4.78 is 5.24. The summed E-state index contributed by atoms with van der Waals surface area (Å²) in [7, 11) is 1.67. The van der Waals surface area contributed by atoms with E-state index in [1.807, 2.05) is 18.2 Å². The van der Waals surface area contributed by atoms with Crippen LogP contribution in [0.1, 0.15) is 35.2 Å². The highest BCUT2D eigenvalue weighted by Crippen LogP contribution is 2.34. The maximum atomic E-state index is 12.4. The van der Waals surface area contributed by atoms with Crippen molar-refractivity contribution >= 4 is 5.78 Å². The second kappa shape index (κ2) is 5.33. The van der Waals surface area contributed by atoms with Gasteiger partial charge in [-0.15, -0.1) is 0 Å². The SMILES string of the molecule is COc1ccc2c(c1)CC(CC1CCNCC1)C2=O. The van der Waals surface area contributed by atoms with Gasteiger partial charge in [-0.25, -0.2) is 0 Å². The predicted octanol–water partition coefficient (Wildman–Crippen LogP) is 2.44. The molecule has 1 aromatic rings. The van der Waals surface area contributed by atoms with Gasteiger partial charge in [0.1, 0.15) is 5.75 Å². The molecule has 102 valence electrons. The third-order valence-electron chi connectivity index (χ3n) is 4.49. The van der Waals surface area contributed by atoms with Gasteiger partial charge < -0.3 is 10.1 Å². The quantitative estimate of drug-likeness (QED) is 0.906. The molecule has 19 heavy (non-hydrogen) atoms. The number of Topliss-reactive ketones (excluding diaryl/α,β-unsaturated/α-hetero) is 1. The largest absolute Gasteiger partial charge is 0.497 e. The summed E-state index contributed by atoms with van der Waals surface area (Å²) >= 11 is 0. The molecule has 0 radical (unpaired) electrons. The Bertz CT molecular complexity index is 478. The summed E-state index contributed by atoms with van der Waals surface area (Å²) in [6.45, 7) is 2.21. The number of carbonyl (C=O) groups is 1. The molecular formula is C16H21NO2. The molecule has 1 unspecified atom stereocenters. The highest BCUT2D eigenvalue weighted by atomic mass is 16.5. The van der Waals surface area contributed by atoms with Crippen molar-refractivity contribution < 1.29 is 9.53 Å². The lowest BCUT2D eigenvalue weighted by Crippen LogP contribution is -2.29. The van der Waals surface area contributed by atoms with Gasteiger partial charge in [0.15, 0.2) is 5.78 Å². The number of rotatable bonds is 3. The molecule has 2 aliphatic rings. The molecule has 1 N–H and O–H groups in total. The summed E-state index contributed by atoms with van der Waals surface area (Å²) in [6, 6.07) is 5.85. The van der Waals surface area contributed by atoms with Gasteiger partial charge in [0.25, 0.3) is 0 Å². The van der Waals surface area contributed by atoms with E-state index in [0.29, 0.717) is 11.7 Å². The van der Waals surface area contributed by atoms with Crippen molar-refractivity contribution in [2.45, 2.75) is 25.7 Å². The number of ketones is 1. The Labute approximate surface area is 114 Å². The molecule has 1 aliphatic heterocycles. The number of hydrogen-bond donors (Lipinski definition) is 1.